The Morgan fingerprint density at radius 1 is 0.667 bits per heavy atom. The molecule has 0 bridgehead atoms. The molecule has 17 heteroatoms. The lowest BCUT2D eigenvalue weighted by Gasteiger charge is -2.25. The van der Waals surface area contributed by atoms with E-state index in [1.807, 2.05) is 0 Å². The minimum atomic E-state index is -4.79. The Balaban J connectivity index is 0.905. The Bertz CT molecular complexity index is 1870. The fraction of sp³-hybridized carbons (Fsp3) is 0.258. The topological polar surface area (TPSA) is 125 Å². The van der Waals surface area contributed by atoms with Crippen LogP contribution in [-0.2, 0) is 10.4 Å². The van der Waals surface area contributed by atoms with Crippen LogP contribution in [0.4, 0.5) is 37.7 Å². The second-order valence-electron chi connectivity index (χ2n) is 10.5. The summed E-state index contributed by atoms with van der Waals surface area (Å²) < 4.78 is 100. The van der Waals surface area contributed by atoms with Crippen LogP contribution in [0, 0.1) is 0 Å². The molecule has 3 N–H and O–H groups in total. The van der Waals surface area contributed by atoms with Gasteiger partial charge in [-0.1, -0.05) is 0 Å². The van der Waals surface area contributed by atoms with Gasteiger partial charge >= 0.3 is 12.7 Å². The number of nitrogens with one attached hydrogen (secondary N) is 3. The van der Waals surface area contributed by atoms with Gasteiger partial charge in [-0.25, -0.2) is 9.97 Å². The fourth-order valence-corrected chi connectivity index (χ4v) is 4.84. The molecule has 0 fully saturated rings. The first-order valence-corrected chi connectivity index (χ1v) is 14.3. The number of rotatable bonds is 12. The van der Waals surface area contributed by atoms with Crippen molar-refractivity contribution in [2.45, 2.75) is 25.3 Å². The predicted octanol–water partition coefficient (Wildman–Crippen LogP) is 7.00. The molecule has 4 heterocycles. The van der Waals surface area contributed by atoms with E-state index < -0.39 is 18.4 Å². The number of H-pyrrole nitrogens is 1. The molecule has 1 unspecified atom stereocenters. The van der Waals surface area contributed by atoms with Crippen molar-refractivity contribution in [1.82, 2.24) is 19.9 Å². The van der Waals surface area contributed by atoms with E-state index in [1.54, 1.807) is 31.2 Å². The van der Waals surface area contributed by atoms with Gasteiger partial charge in [0.2, 0.25) is 0 Å². The lowest BCUT2D eigenvalue weighted by Crippen LogP contribution is -2.35. The van der Waals surface area contributed by atoms with Gasteiger partial charge in [-0.15, -0.1) is 26.3 Å². The Kier molecular flexibility index (Phi) is 8.79. The summed E-state index contributed by atoms with van der Waals surface area (Å²) in [5, 5.41) is 6.36. The van der Waals surface area contributed by atoms with E-state index in [4.69, 9.17) is 14.2 Å². The highest BCUT2D eigenvalue weighted by atomic mass is 19.4. The molecular weight excluding hydrogens is 650 g/mol. The van der Waals surface area contributed by atoms with E-state index >= 15 is 0 Å². The van der Waals surface area contributed by atoms with Gasteiger partial charge in [0.25, 0.3) is 0 Å². The first-order valence-electron chi connectivity index (χ1n) is 14.3. The highest BCUT2D eigenvalue weighted by Gasteiger charge is 2.36. The van der Waals surface area contributed by atoms with Crippen molar-refractivity contribution < 1.29 is 50.0 Å². The first kappa shape index (κ1) is 32.5. The molecule has 0 saturated heterocycles. The van der Waals surface area contributed by atoms with Crippen molar-refractivity contribution in [3.8, 4) is 34.5 Å². The number of fused-ring (bicyclic) bond motifs is 2. The van der Waals surface area contributed by atoms with Crippen molar-refractivity contribution in [1.29, 1.82) is 0 Å². The molecule has 3 aromatic heterocycles. The minimum absolute atomic E-state index is 0.245. The normalized spacial score (nSPS) is 15.8. The number of alkyl halides is 6. The maximum Gasteiger partial charge on any atom is 0.573 e. The van der Waals surface area contributed by atoms with Crippen molar-refractivity contribution in [2.75, 3.05) is 37.1 Å². The largest absolute Gasteiger partial charge is 0.573 e. The Hall–Kier alpha value is -5.45. The third-order valence-corrected chi connectivity index (χ3v) is 6.90. The lowest BCUT2D eigenvalue weighted by atomic mass is 10.1. The first-order chi connectivity index (χ1) is 22.8. The summed E-state index contributed by atoms with van der Waals surface area (Å²) >= 11 is 0. The third-order valence-electron chi connectivity index (χ3n) is 6.90. The van der Waals surface area contributed by atoms with Crippen LogP contribution in [0.3, 0.4) is 0 Å². The summed E-state index contributed by atoms with van der Waals surface area (Å²) in [5.41, 5.74) is 2.06. The Labute approximate surface area is 268 Å². The summed E-state index contributed by atoms with van der Waals surface area (Å²) in [5.74, 6) is 0.676. The second-order valence-corrected chi connectivity index (χ2v) is 10.5. The van der Waals surface area contributed by atoms with Gasteiger partial charge in [-0.2, -0.15) is 0 Å². The highest BCUT2D eigenvalue weighted by molar-refractivity contribution is 5.80. The number of halogens is 6. The SMILES string of the molecule is CC1(c2ccc(OCCOCCOc3ccc(-c4nc5ccc(OC(F)(F)F)cc5[nH]4)nc3)cn2)Nc2ccc(OC(F)(F)F)cc2N1. The Morgan fingerprint density at radius 2 is 1.27 bits per heavy atom. The molecule has 0 radical (unpaired) electrons. The van der Waals surface area contributed by atoms with Crippen molar-refractivity contribution in [3.63, 3.8) is 0 Å². The summed E-state index contributed by atoms with van der Waals surface area (Å²) in [6, 6.07) is 14.6. The van der Waals surface area contributed by atoms with Crippen LogP contribution in [0.2, 0.25) is 0 Å². The van der Waals surface area contributed by atoms with Gasteiger partial charge in [-0.05, 0) is 55.5 Å². The Morgan fingerprint density at radius 3 is 1.90 bits per heavy atom. The molecule has 0 saturated carbocycles. The number of benzene rings is 2. The van der Waals surface area contributed by atoms with E-state index in [0.29, 0.717) is 51.1 Å². The molecule has 0 amide bonds. The lowest BCUT2D eigenvalue weighted by molar-refractivity contribution is -0.275. The van der Waals surface area contributed by atoms with E-state index in [2.05, 4.69) is 40.0 Å². The monoisotopic (exact) mass is 676 g/mol. The van der Waals surface area contributed by atoms with Crippen LogP contribution in [-0.4, -0.2) is 59.1 Å². The zero-order valence-corrected chi connectivity index (χ0v) is 24.9. The number of hydrogen-bond donors (Lipinski definition) is 3. The standard InChI is InChI=1S/C31H26F6N6O5/c1-29(42-23-7-3-19(15-26(23)43-29)48-31(35,36)37)27-9-5-21(17-39-27)46-13-11-44-10-12-45-20-4-8-24(38-16-20)28-40-22-6-2-18(14-25(22)41-28)47-30(32,33)34/h2-9,14-17,42-43H,10-13H2,1H3,(H,40,41). The van der Waals surface area contributed by atoms with Crippen molar-refractivity contribution in [3.05, 3.63) is 78.8 Å². The number of aromatic nitrogens is 4. The van der Waals surface area contributed by atoms with Crippen LogP contribution < -0.4 is 29.6 Å². The van der Waals surface area contributed by atoms with Crippen LogP contribution >= 0.6 is 0 Å². The van der Waals surface area contributed by atoms with Gasteiger partial charge in [0.15, 0.2) is 5.82 Å². The highest BCUT2D eigenvalue weighted by Crippen LogP contribution is 2.41. The number of ether oxygens (including phenoxy) is 5. The number of nitrogens with zero attached hydrogens (tertiary/aromatic N) is 3. The number of aromatic amines is 1. The van der Waals surface area contributed by atoms with Gasteiger partial charge in [0.05, 0.1) is 53.7 Å². The van der Waals surface area contributed by atoms with Crippen LogP contribution in [0.15, 0.2) is 73.1 Å². The molecule has 5 aromatic rings. The van der Waals surface area contributed by atoms with E-state index in [1.165, 1.54) is 48.8 Å². The number of hydrogen-bond acceptors (Lipinski definition) is 10. The molecule has 1 aliphatic rings. The molecule has 6 rings (SSSR count). The number of imidazole rings is 1. The van der Waals surface area contributed by atoms with Crippen molar-refractivity contribution in [2.24, 2.45) is 0 Å². The van der Waals surface area contributed by atoms with Gasteiger partial charge in [0, 0.05) is 12.1 Å². The maximum absolute atomic E-state index is 12.6. The molecule has 2 aromatic carbocycles. The number of anilines is 2. The zero-order chi connectivity index (χ0) is 33.9. The average molecular weight is 677 g/mol. The van der Waals surface area contributed by atoms with E-state index in [-0.39, 0.29) is 37.9 Å². The van der Waals surface area contributed by atoms with Crippen LogP contribution in [0.1, 0.15) is 12.6 Å². The molecule has 0 spiro atoms. The smallest absolute Gasteiger partial charge is 0.490 e. The molecule has 0 aliphatic carbocycles. The summed E-state index contributed by atoms with van der Waals surface area (Å²) in [6.07, 6.45) is -6.55. The van der Waals surface area contributed by atoms with Gasteiger partial charge in [-0.3, -0.25) is 4.98 Å². The maximum atomic E-state index is 12.6. The molecular formula is C31H26F6N6O5. The predicted molar refractivity (Wildman–Crippen MR) is 160 cm³/mol. The number of pyridine rings is 2. The fourth-order valence-electron chi connectivity index (χ4n) is 4.84. The molecule has 48 heavy (non-hydrogen) atoms. The van der Waals surface area contributed by atoms with Crippen LogP contribution in [0.5, 0.6) is 23.0 Å². The van der Waals surface area contributed by atoms with Crippen molar-refractivity contribution >= 4 is 22.4 Å². The minimum Gasteiger partial charge on any atom is -0.490 e. The van der Waals surface area contributed by atoms with Gasteiger partial charge < -0.3 is 39.3 Å². The van der Waals surface area contributed by atoms with E-state index in [0.717, 1.165) is 0 Å². The molecule has 1 aliphatic heterocycles. The average Bonchev–Trinajstić information content (AvgIpc) is 3.60. The second kappa shape index (κ2) is 13.0. The molecule has 1 atom stereocenters. The van der Waals surface area contributed by atoms with E-state index in [9.17, 15) is 26.3 Å². The summed E-state index contributed by atoms with van der Waals surface area (Å²) in [7, 11) is 0. The van der Waals surface area contributed by atoms with Gasteiger partial charge in [0.1, 0.15) is 47.6 Å². The van der Waals surface area contributed by atoms with Crippen LogP contribution in [0.25, 0.3) is 22.6 Å². The molecule has 11 nitrogen and oxygen atoms in total. The quantitative estimate of drug-likeness (QED) is 0.0940. The third kappa shape index (κ3) is 8.09. The summed E-state index contributed by atoms with van der Waals surface area (Å²) in [6.45, 7) is 2.86. The zero-order valence-electron chi connectivity index (χ0n) is 24.9. The summed E-state index contributed by atoms with van der Waals surface area (Å²) in [4.78, 5) is 16.0. The molecule has 252 valence electrons.